The molecule has 0 radical (unpaired) electrons. The lowest BCUT2D eigenvalue weighted by Crippen LogP contribution is -2.13. The number of rotatable bonds is 5. The second-order valence-electron chi connectivity index (χ2n) is 3.79. The van der Waals surface area contributed by atoms with Gasteiger partial charge >= 0.3 is 5.97 Å². The van der Waals surface area contributed by atoms with Crippen LogP contribution in [-0.2, 0) is 16.0 Å². The van der Waals surface area contributed by atoms with E-state index in [2.05, 4.69) is 6.92 Å². The molecule has 0 spiro atoms. The molecule has 0 aliphatic carbocycles. The summed E-state index contributed by atoms with van der Waals surface area (Å²) in [5.74, 6) is 0.903. The minimum atomic E-state index is -0.161. The summed E-state index contributed by atoms with van der Waals surface area (Å²) in [6, 6.07) is 8.07. The SMILES string of the molecule is CCSc1ccc(CC(=O)OC(C)C)cc1. The lowest BCUT2D eigenvalue weighted by atomic mass is 10.1. The molecule has 16 heavy (non-hydrogen) atoms. The van der Waals surface area contributed by atoms with Gasteiger partial charge in [0.05, 0.1) is 12.5 Å². The lowest BCUT2D eigenvalue weighted by molar-refractivity contribution is -0.146. The molecule has 88 valence electrons. The number of hydrogen-bond donors (Lipinski definition) is 0. The fourth-order valence-electron chi connectivity index (χ4n) is 1.34. The van der Waals surface area contributed by atoms with E-state index in [-0.39, 0.29) is 12.1 Å². The van der Waals surface area contributed by atoms with Crippen LogP contribution in [0.3, 0.4) is 0 Å². The molecule has 0 aliphatic heterocycles. The molecule has 0 heterocycles. The van der Waals surface area contributed by atoms with E-state index in [1.807, 2.05) is 38.1 Å². The highest BCUT2D eigenvalue weighted by molar-refractivity contribution is 7.99. The Labute approximate surface area is 101 Å². The first-order valence-electron chi connectivity index (χ1n) is 5.53. The van der Waals surface area contributed by atoms with Crippen LogP contribution in [-0.4, -0.2) is 17.8 Å². The van der Waals surface area contributed by atoms with Gasteiger partial charge in [-0.3, -0.25) is 4.79 Å². The van der Waals surface area contributed by atoms with Crippen molar-refractivity contribution in [1.82, 2.24) is 0 Å². The van der Waals surface area contributed by atoms with Crippen molar-refractivity contribution in [3.63, 3.8) is 0 Å². The normalized spacial score (nSPS) is 10.5. The maximum atomic E-state index is 11.4. The van der Waals surface area contributed by atoms with Gasteiger partial charge in [0, 0.05) is 4.90 Å². The standard InChI is InChI=1S/C13H18O2S/c1-4-16-12-7-5-11(6-8-12)9-13(14)15-10(2)3/h5-8,10H,4,9H2,1-3H3. The van der Waals surface area contributed by atoms with Crippen molar-refractivity contribution < 1.29 is 9.53 Å². The molecule has 0 unspecified atom stereocenters. The average molecular weight is 238 g/mol. The summed E-state index contributed by atoms with van der Waals surface area (Å²) in [5.41, 5.74) is 1.01. The molecule has 0 fully saturated rings. The third-order valence-corrected chi connectivity index (χ3v) is 2.84. The van der Waals surface area contributed by atoms with Crippen LogP contribution in [0.4, 0.5) is 0 Å². The van der Waals surface area contributed by atoms with Gasteiger partial charge in [-0.1, -0.05) is 19.1 Å². The van der Waals surface area contributed by atoms with Crippen LogP contribution in [0.1, 0.15) is 26.3 Å². The molecular formula is C13H18O2S. The first-order valence-corrected chi connectivity index (χ1v) is 6.51. The minimum Gasteiger partial charge on any atom is -0.463 e. The van der Waals surface area contributed by atoms with E-state index < -0.39 is 0 Å². The third kappa shape index (κ3) is 4.71. The van der Waals surface area contributed by atoms with Gasteiger partial charge in [-0.2, -0.15) is 0 Å². The van der Waals surface area contributed by atoms with Crippen LogP contribution in [0.25, 0.3) is 0 Å². The van der Waals surface area contributed by atoms with Gasteiger partial charge < -0.3 is 4.74 Å². The minimum absolute atomic E-state index is 0.0394. The summed E-state index contributed by atoms with van der Waals surface area (Å²) >= 11 is 1.80. The Morgan fingerprint density at radius 1 is 1.31 bits per heavy atom. The number of carbonyl (C=O) groups is 1. The first-order chi connectivity index (χ1) is 7.61. The predicted molar refractivity (Wildman–Crippen MR) is 67.8 cm³/mol. The van der Waals surface area contributed by atoms with Crippen LogP contribution >= 0.6 is 11.8 Å². The molecule has 3 heteroatoms. The van der Waals surface area contributed by atoms with Gasteiger partial charge in [-0.05, 0) is 37.3 Å². The molecule has 0 saturated heterocycles. The fourth-order valence-corrected chi connectivity index (χ4v) is 2.00. The number of thioether (sulfide) groups is 1. The molecule has 0 N–H and O–H groups in total. The van der Waals surface area contributed by atoms with Crippen LogP contribution in [0.5, 0.6) is 0 Å². The molecule has 0 amide bonds. The van der Waals surface area contributed by atoms with Gasteiger partial charge in [0.15, 0.2) is 0 Å². The highest BCUT2D eigenvalue weighted by Gasteiger charge is 2.06. The smallest absolute Gasteiger partial charge is 0.310 e. The van der Waals surface area contributed by atoms with E-state index >= 15 is 0 Å². The zero-order valence-corrected chi connectivity index (χ0v) is 10.8. The Balaban J connectivity index is 2.51. The molecular weight excluding hydrogens is 220 g/mol. The maximum Gasteiger partial charge on any atom is 0.310 e. The van der Waals surface area contributed by atoms with E-state index in [4.69, 9.17) is 4.74 Å². The van der Waals surface area contributed by atoms with Crippen LogP contribution in [0.2, 0.25) is 0 Å². The quantitative estimate of drug-likeness (QED) is 0.581. The van der Waals surface area contributed by atoms with Crippen LogP contribution < -0.4 is 0 Å². The molecule has 0 aromatic heterocycles. The van der Waals surface area contributed by atoms with E-state index in [0.717, 1.165) is 11.3 Å². The largest absolute Gasteiger partial charge is 0.463 e. The molecule has 0 bridgehead atoms. The monoisotopic (exact) mass is 238 g/mol. The Hall–Kier alpha value is -0.960. The van der Waals surface area contributed by atoms with Crippen LogP contribution in [0.15, 0.2) is 29.2 Å². The van der Waals surface area contributed by atoms with Crippen molar-refractivity contribution in [3.05, 3.63) is 29.8 Å². The van der Waals surface area contributed by atoms with E-state index in [1.165, 1.54) is 4.90 Å². The lowest BCUT2D eigenvalue weighted by Gasteiger charge is -2.08. The molecule has 1 aromatic rings. The Kier molecular flexibility index (Phi) is 5.39. The first kappa shape index (κ1) is 13.1. The summed E-state index contributed by atoms with van der Waals surface area (Å²) in [5, 5.41) is 0. The second-order valence-corrected chi connectivity index (χ2v) is 5.13. The second kappa shape index (κ2) is 6.59. The predicted octanol–water partition coefficient (Wildman–Crippen LogP) is 3.29. The van der Waals surface area contributed by atoms with Gasteiger partial charge in [0.2, 0.25) is 0 Å². The van der Waals surface area contributed by atoms with Gasteiger partial charge in [0.1, 0.15) is 0 Å². The molecule has 2 nitrogen and oxygen atoms in total. The van der Waals surface area contributed by atoms with Crippen molar-refractivity contribution >= 4 is 17.7 Å². The highest BCUT2D eigenvalue weighted by Crippen LogP contribution is 2.18. The van der Waals surface area contributed by atoms with Gasteiger partial charge in [-0.15, -0.1) is 11.8 Å². The average Bonchev–Trinajstić information content (AvgIpc) is 2.20. The number of esters is 1. The number of benzene rings is 1. The summed E-state index contributed by atoms with van der Waals surface area (Å²) in [6.45, 7) is 5.84. The molecule has 1 rings (SSSR count). The zero-order chi connectivity index (χ0) is 12.0. The van der Waals surface area contributed by atoms with E-state index in [0.29, 0.717) is 6.42 Å². The zero-order valence-electron chi connectivity index (χ0n) is 10.0. The Bertz CT molecular complexity index is 330. The number of carbonyl (C=O) groups excluding carboxylic acids is 1. The summed E-state index contributed by atoms with van der Waals surface area (Å²) in [4.78, 5) is 12.6. The topological polar surface area (TPSA) is 26.3 Å². The van der Waals surface area contributed by atoms with Gasteiger partial charge in [-0.25, -0.2) is 0 Å². The fraction of sp³-hybridized carbons (Fsp3) is 0.462. The molecule has 0 aliphatic rings. The van der Waals surface area contributed by atoms with Crippen molar-refractivity contribution in [2.45, 2.75) is 38.2 Å². The van der Waals surface area contributed by atoms with Crippen LogP contribution in [0, 0.1) is 0 Å². The summed E-state index contributed by atoms with van der Waals surface area (Å²) in [6.07, 6.45) is 0.317. The van der Waals surface area contributed by atoms with Crippen molar-refractivity contribution in [3.8, 4) is 0 Å². The highest BCUT2D eigenvalue weighted by atomic mass is 32.2. The van der Waals surface area contributed by atoms with Crippen molar-refractivity contribution in [1.29, 1.82) is 0 Å². The number of hydrogen-bond acceptors (Lipinski definition) is 3. The molecule has 0 atom stereocenters. The van der Waals surface area contributed by atoms with Gasteiger partial charge in [0.25, 0.3) is 0 Å². The summed E-state index contributed by atoms with van der Waals surface area (Å²) in [7, 11) is 0. The number of ether oxygens (including phenoxy) is 1. The summed E-state index contributed by atoms with van der Waals surface area (Å²) < 4.78 is 5.09. The third-order valence-electron chi connectivity index (χ3n) is 1.95. The van der Waals surface area contributed by atoms with E-state index in [9.17, 15) is 4.79 Å². The molecule has 1 aromatic carbocycles. The van der Waals surface area contributed by atoms with Crippen molar-refractivity contribution in [2.24, 2.45) is 0 Å². The van der Waals surface area contributed by atoms with Crippen molar-refractivity contribution in [2.75, 3.05) is 5.75 Å². The Morgan fingerprint density at radius 3 is 2.44 bits per heavy atom. The Morgan fingerprint density at radius 2 is 1.94 bits per heavy atom. The van der Waals surface area contributed by atoms with E-state index in [1.54, 1.807) is 11.8 Å². The molecule has 0 saturated carbocycles. The maximum absolute atomic E-state index is 11.4.